The first kappa shape index (κ1) is 25.9. The van der Waals surface area contributed by atoms with Crippen molar-refractivity contribution in [2.45, 2.75) is 38.0 Å². The second-order valence-corrected chi connectivity index (χ2v) is 9.84. The molecule has 0 saturated carbocycles. The predicted octanol–water partition coefficient (Wildman–Crippen LogP) is 5.23. The molecule has 0 spiro atoms. The van der Waals surface area contributed by atoms with E-state index in [2.05, 4.69) is 10.3 Å². The summed E-state index contributed by atoms with van der Waals surface area (Å²) in [6, 6.07) is 25.4. The van der Waals surface area contributed by atoms with Crippen molar-refractivity contribution in [2.75, 3.05) is 11.9 Å². The molecule has 3 aromatic carbocycles. The summed E-state index contributed by atoms with van der Waals surface area (Å²) in [5.41, 5.74) is 0.714. The Morgan fingerprint density at radius 3 is 2.28 bits per heavy atom. The van der Waals surface area contributed by atoms with Crippen LogP contribution in [0, 0.1) is 0 Å². The van der Waals surface area contributed by atoms with Crippen LogP contribution in [0.3, 0.4) is 0 Å². The summed E-state index contributed by atoms with van der Waals surface area (Å²) >= 11 is 0. The number of nitrogens with one attached hydrogen (secondary N) is 1. The first-order chi connectivity index (χ1) is 18.8. The first-order valence-electron chi connectivity index (χ1n) is 12.8. The van der Waals surface area contributed by atoms with Gasteiger partial charge in [0.2, 0.25) is 5.78 Å². The Morgan fingerprint density at radius 2 is 1.59 bits per heavy atom. The number of ketones is 1. The van der Waals surface area contributed by atoms with Crippen LogP contribution in [0.4, 0.5) is 10.5 Å². The molecular weight excluding hydrogens is 492 g/mol. The van der Waals surface area contributed by atoms with Crippen molar-refractivity contribution >= 4 is 23.5 Å². The molecule has 0 saturated heterocycles. The minimum atomic E-state index is -1.77. The second kappa shape index (κ2) is 10.6. The molecule has 0 unspecified atom stereocenters. The molecular formula is C31H30N4O4. The normalized spacial score (nSPS) is 17.1. The van der Waals surface area contributed by atoms with E-state index >= 15 is 0 Å². The minimum absolute atomic E-state index is 0.0101. The number of nitrogens with zero attached hydrogens (tertiary/aromatic N) is 3. The van der Waals surface area contributed by atoms with Crippen LogP contribution in [-0.2, 0) is 21.7 Å². The molecule has 1 aliphatic heterocycles. The number of hydrogen-bond acceptors (Lipinski definition) is 5. The predicted molar refractivity (Wildman–Crippen MR) is 147 cm³/mol. The van der Waals surface area contributed by atoms with Crippen molar-refractivity contribution in [3.63, 3.8) is 0 Å². The number of carbonyl (C=O) groups is 3. The van der Waals surface area contributed by atoms with Crippen LogP contribution >= 0.6 is 0 Å². The number of hydrogen-bond donors (Lipinski definition) is 1. The van der Waals surface area contributed by atoms with Crippen LogP contribution in [0.2, 0.25) is 0 Å². The van der Waals surface area contributed by atoms with Crippen molar-refractivity contribution in [1.82, 2.24) is 14.9 Å². The number of rotatable bonds is 8. The molecule has 2 atom stereocenters. The zero-order valence-electron chi connectivity index (χ0n) is 22.1. The quantitative estimate of drug-likeness (QED) is 0.320. The highest BCUT2D eigenvalue weighted by molar-refractivity contribution is 6.14. The molecule has 5 rings (SSSR count). The first-order valence-corrected chi connectivity index (χ1v) is 12.8. The van der Waals surface area contributed by atoms with E-state index in [4.69, 9.17) is 4.74 Å². The standard InChI is InChI=1S/C31H30N4O4/c1-21(2)35-19-18-32-28(35)27(36)26(23-14-8-5-9-15-23)31(24-16-10-11-17-25(24)34(3)29(31)37)33-30(38)39-20-22-12-6-4-7-13-22/h4-19,21,26H,20H2,1-3H3,(H,33,38)/t26-,31-/m0/s1. The van der Waals surface area contributed by atoms with Gasteiger partial charge in [0.05, 0.1) is 5.92 Å². The van der Waals surface area contributed by atoms with Gasteiger partial charge in [-0.3, -0.25) is 9.59 Å². The van der Waals surface area contributed by atoms with Gasteiger partial charge in [-0.2, -0.15) is 0 Å². The third-order valence-electron chi connectivity index (χ3n) is 7.12. The summed E-state index contributed by atoms with van der Waals surface area (Å²) in [6.45, 7) is 3.92. The molecule has 1 N–H and O–H groups in total. The van der Waals surface area contributed by atoms with Crippen molar-refractivity contribution in [3.8, 4) is 0 Å². The van der Waals surface area contributed by atoms with Gasteiger partial charge in [-0.1, -0.05) is 78.9 Å². The number of anilines is 1. The molecule has 2 heterocycles. The van der Waals surface area contributed by atoms with E-state index in [0.29, 0.717) is 16.8 Å². The van der Waals surface area contributed by atoms with E-state index in [1.54, 1.807) is 66.5 Å². The molecule has 0 fully saturated rings. The van der Waals surface area contributed by atoms with Gasteiger partial charge in [0, 0.05) is 36.7 Å². The summed E-state index contributed by atoms with van der Waals surface area (Å²) in [6.07, 6.45) is 2.50. The molecule has 2 amide bonds. The van der Waals surface area contributed by atoms with Gasteiger partial charge in [-0.05, 0) is 31.0 Å². The topological polar surface area (TPSA) is 93.5 Å². The van der Waals surface area contributed by atoms with Crippen LogP contribution in [-0.4, -0.2) is 34.4 Å². The zero-order chi connectivity index (χ0) is 27.6. The van der Waals surface area contributed by atoms with E-state index < -0.39 is 23.5 Å². The smallest absolute Gasteiger partial charge is 0.408 e. The SMILES string of the molecule is CC(C)n1ccnc1C(=O)[C@H](c1ccccc1)[C@]1(NC(=O)OCc2ccccc2)C(=O)N(C)c2ccccc21. The second-order valence-electron chi connectivity index (χ2n) is 9.84. The van der Waals surface area contributed by atoms with E-state index in [-0.39, 0.29) is 24.3 Å². The Bertz CT molecular complexity index is 1500. The van der Waals surface area contributed by atoms with Crippen molar-refractivity contribution in [3.05, 3.63) is 120 Å². The van der Waals surface area contributed by atoms with E-state index in [1.165, 1.54) is 4.90 Å². The molecule has 0 bridgehead atoms. The van der Waals surface area contributed by atoms with Crippen LogP contribution in [0.15, 0.2) is 97.3 Å². The number of aromatic nitrogens is 2. The van der Waals surface area contributed by atoms with Gasteiger partial charge in [-0.15, -0.1) is 0 Å². The van der Waals surface area contributed by atoms with E-state index in [9.17, 15) is 14.4 Å². The minimum Gasteiger partial charge on any atom is -0.445 e. The summed E-state index contributed by atoms with van der Waals surface area (Å²) in [5.74, 6) is -1.74. The fraction of sp³-hybridized carbons (Fsp3) is 0.226. The highest BCUT2D eigenvalue weighted by Crippen LogP contribution is 2.49. The number of alkyl carbamates (subject to hydrolysis) is 1. The number of imidazole rings is 1. The Hall–Kier alpha value is -4.72. The lowest BCUT2D eigenvalue weighted by Crippen LogP contribution is -2.58. The summed E-state index contributed by atoms with van der Waals surface area (Å²) in [4.78, 5) is 48.1. The van der Waals surface area contributed by atoms with Gasteiger partial charge in [-0.25, -0.2) is 9.78 Å². The van der Waals surface area contributed by atoms with Crippen LogP contribution < -0.4 is 10.2 Å². The van der Waals surface area contributed by atoms with Crippen molar-refractivity contribution in [1.29, 1.82) is 0 Å². The molecule has 0 aliphatic carbocycles. The van der Waals surface area contributed by atoms with Crippen LogP contribution in [0.5, 0.6) is 0 Å². The Balaban J connectivity index is 1.66. The average Bonchev–Trinajstić information content (AvgIpc) is 3.53. The molecule has 4 aromatic rings. The van der Waals surface area contributed by atoms with E-state index in [1.807, 2.05) is 56.3 Å². The molecule has 1 aromatic heterocycles. The fourth-order valence-electron chi connectivity index (χ4n) is 5.27. The molecule has 8 heteroatoms. The Morgan fingerprint density at radius 1 is 0.949 bits per heavy atom. The van der Waals surface area contributed by atoms with Gasteiger partial charge in [0.1, 0.15) is 6.61 Å². The van der Waals surface area contributed by atoms with Gasteiger partial charge in [0.15, 0.2) is 11.4 Å². The third kappa shape index (κ3) is 4.58. The van der Waals surface area contributed by atoms with Crippen LogP contribution in [0.25, 0.3) is 0 Å². The zero-order valence-corrected chi connectivity index (χ0v) is 22.1. The van der Waals surface area contributed by atoms with Crippen molar-refractivity contribution < 1.29 is 19.1 Å². The van der Waals surface area contributed by atoms with Gasteiger partial charge < -0.3 is 19.5 Å². The number of ether oxygens (including phenoxy) is 1. The maximum Gasteiger partial charge on any atom is 0.408 e. The maximum absolute atomic E-state index is 14.5. The number of Topliss-reactive ketones (excluding diaryl/α,β-unsaturated/α-hetero) is 1. The van der Waals surface area contributed by atoms with Gasteiger partial charge >= 0.3 is 6.09 Å². The number of amides is 2. The molecule has 198 valence electrons. The van der Waals surface area contributed by atoms with Gasteiger partial charge in [0.25, 0.3) is 5.91 Å². The molecule has 0 radical (unpaired) electrons. The average molecular weight is 523 g/mol. The summed E-state index contributed by atoms with van der Waals surface area (Å²) in [5, 5.41) is 2.88. The highest BCUT2D eigenvalue weighted by Gasteiger charge is 2.59. The maximum atomic E-state index is 14.5. The number of para-hydroxylation sites is 1. The fourth-order valence-corrected chi connectivity index (χ4v) is 5.27. The third-order valence-corrected chi connectivity index (χ3v) is 7.12. The molecule has 1 aliphatic rings. The van der Waals surface area contributed by atoms with Crippen LogP contribution in [0.1, 0.15) is 53.1 Å². The number of benzene rings is 3. The Labute approximate surface area is 227 Å². The van der Waals surface area contributed by atoms with E-state index in [0.717, 1.165) is 5.56 Å². The lowest BCUT2D eigenvalue weighted by atomic mass is 9.72. The Kier molecular flexibility index (Phi) is 7.02. The highest BCUT2D eigenvalue weighted by atomic mass is 16.5. The largest absolute Gasteiger partial charge is 0.445 e. The summed E-state index contributed by atoms with van der Waals surface area (Å²) < 4.78 is 7.35. The lowest BCUT2D eigenvalue weighted by Gasteiger charge is -2.36. The number of fused-ring (bicyclic) bond motifs is 1. The lowest BCUT2D eigenvalue weighted by molar-refractivity contribution is -0.124. The number of carbonyl (C=O) groups excluding carboxylic acids is 3. The molecule has 39 heavy (non-hydrogen) atoms. The monoisotopic (exact) mass is 522 g/mol. The number of likely N-dealkylation sites (N-methyl/N-ethyl adjacent to an activating group) is 1. The molecule has 8 nitrogen and oxygen atoms in total. The van der Waals surface area contributed by atoms with Crippen molar-refractivity contribution in [2.24, 2.45) is 0 Å². The summed E-state index contributed by atoms with van der Waals surface area (Å²) in [7, 11) is 1.64.